The first-order chi connectivity index (χ1) is 5.31. The SMILES string of the molecule is CCCC[O][Sn]([Cl])[CH2]CCC. The van der Waals surface area contributed by atoms with Crippen molar-refractivity contribution in [1.29, 1.82) is 0 Å². The zero-order valence-corrected chi connectivity index (χ0v) is 11.1. The zero-order valence-electron chi connectivity index (χ0n) is 7.53. The molecule has 0 saturated carbocycles. The van der Waals surface area contributed by atoms with Crippen molar-refractivity contribution in [2.45, 2.75) is 44.0 Å². The summed E-state index contributed by atoms with van der Waals surface area (Å²) in [6, 6.07) is 0. The molecule has 1 radical (unpaired) electrons. The van der Waals surface area contributed by atoms with E-state index in [9.17, 15) is 0 Å². The van der Waals surface area contributed by atoms with Crippen molar-refractivity contribution in [2.24, 2.45) is 0 Å². The Morgan fingerprint density at radius 2 is 1.82 bits per heavy atom. The Hall–Kier alpha value is 1.05. The predicted octanol–water partition coefficient (Wildman–Crippen LogP) is 3.33. The second-order valence-corrected chi connectivity index (χ2v) is 9.77. The van der Waals surface area contributed by atoms with Crippen LogP contribution in [0.3, 0.4) is 0 Å². The van der Waals surface area contributed by atoms with Gasteiger partial charge in [-0.1, -0.05) is 0 Å². The number of hydrogen-bond acceptors (Lipinski definition) is 1. The van der Waals surface area contributed by atoms with Crippen molar-refractivity contribution in [3.8, 4) is 0 Å². The van der Waals surface area contributed by atoms with Crippen LogP contribution in [0.2, 0.25) is 4.44 Å². The van der Waals surface area contributed by atoms with Gasteiger partial charge in [-0.05, 0) is 0 Å². The molecule has 0 saturated heterocycles. The average molecular weight is 284 g/mol. The molecule has 0 atom stereocenters. The molecule has 0 fully saturated rings. The van der Waals surface area contributed by atoms with Crippen LogP contribution in [-0.4, -0.2) is 25.7 Å². The molecule has 0 bridgehead atoms. The molecule has 0 unspecified atom stereocenters. The van der Waals surface area contributed by atoms with Gasteiger partial charge in [0.15, 0.2) is 0 Å². The van der Waals surface area contributed by atoms with Crippen LogP contribution in [0.1, 0.15) is 39.5 Å². The number of unbranched alkanes of at least 4 members (excludes halogenated alkanes) is 2. The molecule has 0 aliphatic carbocycles. The van der Waals surface area contributed by atoms with Gasteiger partial charge in [-0.3, -0.25) is 0 Å². The van der Waals surface area contributed by atoms with Crippen molar-refractivity contribution in [3.05, 3.63) is 0 Å². The van der Waals surface area contributed by atoms with E-state index < -0.39 is 19.0 Å². The summed E-state index contributed by atoms with van der Waals surface area (Å²) in [4.78, 5) is 0. The van der Waals surface area contributed by atoms with Crippen LogP contribution in [0, 0.1) is 0 Å². The van der Waals surface area contributed by atoms with Gasteiger partial charge in [0.25, 0.3) is 0 Å². The molecule has 67 valence electrons. The third-order valence-corrected chi connectivity index (χ3v) is 7.09. The molecule has 0 aliphatic heterocycles. The van der Waals surface area contributed by atoms with Crippen molar-refractivity contribution in [3.63, 3.8) is 0 Å². The van der Waals surface area contributed by atoms with Gasteiger partial charge >= 0.3 is 81.6 Å². The summed E-state index contributed by atoms with van der Waals surface area (Å²) in [5, 5.41) is 0. The number of rotatable bonds is 7. The van der Waals surface area contributed by atoms with E-state index in [2.05, 4.69) is 13.8 Å². The molecule has 1 nitrogen and oxygen atoms in total. The minimum absolute atomic E-state index is 0.901. The van der Waals surface area contributed by atoms with Crippen LogP contribution >= 0.6 is 8.92 Å². The molecule has 0 heterocycles. The quantitative estimate of drug-likeness (QED) is 0.515. The molecule has 0 aromatic rings. The summed E-state index contributed by atoms with van der Waals surface area (Å²) in [6.07, 6.45) is 4.88. The van der Waals surface area contributed by atoms with Gasteiger partial charge < -0.3 is 0 Å². The summed E-state index contributed by atoms with van der Waals surface area (Å²) >= 11 is -1.79. The van der Waals surface area contributed by atoms with E-state index in [0.29, 0.717) is 0 Å². The van der Waals surface area contributed by atoms with Crippen molar-refractivity contribution < 1.29 is 3.07 Å². The second kappa shape index (κ2) is 9.14. The summed E-state index contributed by atoms with van der Waals surface area (Å²) in [7, 11) is 6.07. The van der Waals surface area contributed by atoms with E-state index >= 15 is 0 Å². The molecule has 11 heavy (non-hydrogen) atoms. The summed E-state index contributed by atoms with van der Waals surface area (Å²) in [5.74, 6) is 0. The fraction of sp³-hybridized carbons (Fsp3) is 1.00. The third kappa shape index (κ3) is 8.96. The molecule has 0 aliphatic rings. The Morgan fingerprint density at radius 3 is 2.36 bits per heavy atom. The zero-order chi connectivity index (χ0) is 8.53. The van der Waals surface area contributed by atoms with E-state index in [0.717, 1.165) is 6.61 Å². The first kappa shape index (κ1) is 12.0. The molecule has 0 aromatic heterocycles. The summed E-state index contributed by atoms with van der Waals surface area (Å²) in [5.41, 5.74) is 0. The normalized spacial score (nSPS) is 10.9. The van der Waals surface area contributed by atoms with E-state index in [1.807, 2.05) is 0 Å². The van der Waals surface area contributed by atoms with Gasteiger partial charge in [0, 0.05) is 0 Å². The minimum atomic E-state index is -1.79. The van der Waals surface area contributed by atoms with Crippen LogP contribution < -0.4 is 0 Å². The molecular weight excluding hydrogens is 266 g/mol. The van der Waals surface area contributed by atoms with E-state index in [-0.39, 0.29) is 0 Å². The molecule has 0 amide bonds. The van der Waals surface area contributed by atoms with E-state index in [1.54, 1.807) is 0 Å². The average Bonchev–Trinajstić information content (AvgIpc) is 2.01. The summed E-state index contributed by atoms with van der Waals surface area (Å²) < 4.78 is 6.73. The van der Waals surface area contributed by atoms with Gasteiger partial charge in [-0.2, -0.15) is 0 Å². The van der Waals surface area contributed by atoms with Gasteiger partial charge in [0.1, 0.15) is 0 Å². The Bertz CT molecular complexity index is 80.5. The maximum atomic E-state index is 6.07. The first-order valence-corrected chi connectivity index (χ1v) is 11.2. The number of halogens is 1. The topological polar surface area (TPSA) is 9.23 Å². The summed E-state index contributed by atoms with van der Waals surface area (Å²) in [6.45, 7) is 5.27. The van der Waals surface area contributed by atoms with Gasteiger partial charge in [0.05, 0.1) is 0 Å². The molecule has 0 spiro atoms. The Balaban J connectivity index is 3.02. The second-order valence-electron chi connectivity index (χ2n) is 2.66. The molecule has 0 aromatic carbocycles. The van der Waals surface area contributed by atoms with Gasteiger partial charge in [0.2, 0.25) is 0 Å². The first-order valence-electron chi connectivity index (χ1n) is 4.45. The number of hydrogen-bond donors (Lipinski definition) is 0. The Kier molecular flexibility index (Phi) is 10.0. The van der Waals surface area contributed by atoms with Crippen molar-refractivity contribution in [2.75, 3.05) is 6.61 Å². The fourth-order valence-corrected chi connectivity index (χ4v) is 5.39. The Labute approximate surface area is 81.5 Å². The fourth-order valence-electron chi connectivity index (χ4n) is 0.715. The van der Waals surface area contributed by atoms with E-state index in [1.165, 1.54) is 30.1 Å². The molecule has 3 heteroatoms. The molecule has 0 N–H and O–H groups in total. The Morgan fingerprint density at radius 1 is 1.18 bits per heavy atom. The maximum absolute atomic E-state index is 6.07. The van der Waals surface area contributed by atoms with E-state index in [4.69, 9.17) is 12.0 Å². The van der Waals surface area contributed by atoms with Crippen LogP contribution in [0.5, 0.6) is 0 Å². The standard InChI is InChI=1S/C4H9O.C4H9.ClH.Sn/c1-2-3-4-5;1-3-4-2;;/h2-4H2,1H3;1,3-4H2,2H3;1H;/q-1;;;+2/p-1. The van der Waals surface area contributed by atoms with Crippen LogP contribution in [-0.2, 0) is 3.07 Å². The van der Waals surface area contributed by atoms with Gasteiger partial charge in [-0.25, -0.2) is 0 Å². The van der Waals surface area contributed by atoms with Crippen LogP contribution in [0.15, 0.2) is 0 Å². The van der Waals surface area contributed by atoms with Crippen LogP contribution in [0.4, 0.5) is 0 Å². The predicted molar refractivity (Wildman–Crippen MR) is 52.2 cm³/mol. The molecular formula is C8H18ClOSn. The third-order valence-electron chi connectivity index (χ3n) is 1.48. The van der Waals surface area contributed by atoms with Gasteiger partial charge in [-0.15, -0.1) is 0 Å². The monoisotopic (exact) mass is 285 g/mol. The van der Waals surface area contributed by atoms with Crippen molar-refractivity contribution >= 4 is 28.0 Å². The molecule has 0 rings (SSSR count). The van der Waals surface area contributed by atoms with Crippen LogP contribution in [0.25, 0.3) is 0 Å². The van der Waals surface area contributed by atoms with Crippen molar-refractivity contribution in [1.82, 2.24) is 0 Å².